The Morgan fingerprint density at radius 1 is 1.50 bits per heavy atom. The Morgan fingerprint density at radius 3 is 3.19 bits per heavy atom. The number of carbonyl (C=O) groups excluding carboxylic acids is 1. The van der Waals surface area contributed by atoms with Crippen LogP contribution in [0.3, 0.4) is 0 Å². The zero-order valence-electron chi connectivity index (χ0n) is 9.22. The summed E-state index contributed by atoms with van der Waals surface area (Å²) in [6.45, 7) is 2.54. The number of nitrogens with zero attached hydrogens (tertiary/aromatic N) is 2. The molecule has 2 rings (SSSR count). The van der Waals surface area contributed by atoms with Crippen LogP contribution >= 0.6 is 0 Å². The average Bonchev–Trinajstić information content (AvgIpc) is 2.76. The topological polar surface area (TPSA) is 43.6 Å². The van der Waals surface area contributed by atoms with E-state index in [4.69, 9.17) is 4.74 Å². The van der Waals surface area contributed by atoms with Crippen LogP contribution in [-0.4, -0.2) is 22.0 Å². The number of hydrogen-bond donors (Lipinski definition) is 0. The van der Waals surface area contributed by atoms with Crippen molar-refractivity contribution in [3.63, 3.8) is 0 Å². The molecule has 0 N–H and O–H groups in total. The van der Waals surface area contributed by atoms with Crippen molar-refractivity contribution in [2.75, 3.05) is 6.61 Å². The Labute approximate surface area is 93.9 Å². The van der Waals surface area contributed by atoms with Gasteiger partial charge in [0.25, 0.3) is 0 Å². The molecule has 0 bridgehead atoms. The van der Waals surface area contributed by atoms with Gasteiger partial charge in [0.1, 0.15) is 5.65 Å². The minimum atomic E-state index is -0.279. The molecular formula is C12H14N2O2. The fourth-order valence-corrected chi connectivity index (χ4v) is 1.43. The molecule has 2 aromatic heterocycles. The molecule has 0 unspecified atom stereocenters. The van der Waals surface area contributed by atoms with Crippen LogP contribution in [0.4, 0.5) is 0 Å². The summed E-state index contributed by atoms with van der Waals surface area (Å²) in [4.78, 5) is 15.7. The number of fused-ring (bicyclic) bond motifs is 1. The predicted molar refractivity (Wildman–Crippen MR) is 60.4 cm³/mol. The van der Waals surface area contributed by atoms with Gasteiger partial charge in [-0.3, -0.25) is 0 Å². The van der Waals surface area contributed by atoms with E-state index in [0.717, 1.165) is 18.5 Å². The highest BCUT2D eigenvalue weighted by Gasteiger charge is 2.07. The van der Waals surface area contributed by atoms with Crippen LogP contribution in [0, 0.1) is 0 Å². The number of rotatable bonds is 4. The van der Waals surface area contributed by atoms with Crippen molar-refractivity contribution < 1.29 is 9.53 Å². The Morgan fingerprint density at radius 2 is 2.38 bits per heavy atom. The van der Waals surface area contributed by atoms with E-state index in [0.29, 0.717) is 12.2 Å². The predicted octanol–water partition coefficient (Wildman–Crippen LogP) is 2.29. The third kappa shape index (κ3) is 2.21. The Kier molecular flexibility index (Phi) is 3.19. The lowest BCUT2D eigenvalue weighted by Crippen LogP contribution is -2.06. The molecule has 0 amide bonds. The molecule has 2 heterocycles. The van der Waals surface area contributed by atoms with Gasteiger partial charge in [0.05, 0.1) is 12.2 Å². The fraction of sp³-hybridized carbons (Fsp3) is 0.333. The van der Waals surface area contributed by atoms with E-state index in [-0.39, 0.29) is 5.97 Å². The van der Waals surface area contributed by atoms with Crippen LogP contribution < -0.4 is 0 Å². The third-order valence-electron chi connectivity index (χ3n) is 2.36. The molecule has 16 heavy (non-hydrogen) atoms. The second-order valence-electron chi connectivity index (χ2n) is 3.60. The van der Waals surface area contributed by atoms with Gasteiger partial charge in [-0.25, -0.2) is 9.78 Å². The van der Waals surface area contributed by atoms with E-state index in [1.54, 1.807) is 24.5 Å². The number of ether oxygens (including phenoxy) is 1. The zero-order valence-corrected chi connectivity index (χ0v) is 9.22. The van der Waals surface area contributed by atoms with Crippen molar-refractivity contribution in [3.05, 3.63) is 36.3 Å². The van der Waals surface area contributed by atoms with Gasteiger partial charge in [-0.2, -0.15) is 0 Å². The lowest BCUT2D eigenvalue weighted by atomic mass is 10.2. The van der Waals surface area contributed by atoms with Gasteiger partial charge in [-0.05, 0) is 18.6 Å². The molecule has 0 radical (unpaired) electrons. The Hall–Kier alpha value is -1.84. The zero-order chi connectivity index (χ0) is 11.4. The first kappa shape index (κ1) is 10.7. The number of pyridine rings is 1. The first-order valence-corrected chi connectivity index (χ1v) is 5.41. The van der Waals surface area contributed by atoms with Gasteiger partial charge in [0.15, 0.2) is 0 Å². The summed E-state index contributed by atoms with van der Waals surface area (Å²) >= 11 is 0. The molecule has 0 aliphatic heterocycles. The smallest absolute Gasteiger partial charge is 0.338 e. The second-order valence-corrected chi connectivity index (χ2v) is 3.60. The van der Waals surface area contributed by atoms with E-state index in [1.807, 2.05) is 10.6 Å². The summed E-state index contributed by atoms with van der Waals surface area (Å²) in [7, 11) is 0. The van der Waals surface area contributed by atoms with Crippen LogP contribution in [0.5, 0.6) is 0 Å². The molecule has 0 aromatic carbocycles. The maximum Gasteiger partial charge on any atom is 0.338 e. The number of imidazole rings is 1. The molecule has 0 atom stereocenters. The maximum absolute atomic E-state index is 11.6. The maximum atomic E-state index is 11.6. The minimum Gasteiger partial charge on any atom is -0.462 e. The first-order chi connectivity index (χ1) is 7.81. The van der Waals surface area contributed by atoms with Crippen LogP contribution in [0.1, 0.15) is 30.1 Å². The van der Waals surface area contributed by atoms with Crippen molar-refractivity contribution in [2.45, 2.75) is 19.8 Å². The van der Waals surface area contributed by atoms with Crippen molar-refractivity contribution in [1.82, 2.24) is 9.38 Å². The largest absolute Gasteiger partial charge is 0.462 e. The van der Waals surface area contributed by atoms with Crippen LogP contribution in [0.2, 0.25) is 0 Å². The molecule has 4 nitrogen and oxygen atoms in total. The first-order valence-electron chi connectivity index (χ1n) is 5.41. The molecule has 0 aliphatic rings. The van der Waals surface area contributed by atoms with Crippen molar-refractivity contribution >= 4 is 11.6 Å². The molecule has 84 valence electrons. The number of hydrogen-bond acceptors (Lipinski definition) is 3. The molecule has 0 spiro atoms. The molecule has 0 saturated carbocycles. The molecule has 0 aliphatic carbocycles. The van der Waals surface area contributed by atoms with Gasteiger partial charge in [0.2, 0.25) is 0 Å². The summed E-state index contributed by atoms with van der Waals surface area (Å²) in [6.07, 6.45) is 7.26. The summed E-state index contributed by atoms with van der Waals surface area (Å²) < 4.78 is 6.97. The highest BCUT2D eigenvalue weighted by atomic mass is 16.5. The highest BCUT2D eigenvalue weighted by Crippen LogP contribution is 2.07. The van der Waals surface area contributed by atoms with Gasteiger partial charge in [-0.15, -0.1) is 0 Å². The number of esters is 1. The van der Waals surface area contributed by atoms with Gasteiger partial charge >= 0.3 is 5.97 Å². The van der Waals surface area contributed by atoms with Crippen molar-refractivity contribution in [2.24, 2.45) is 0 Å². The van der Waals surface area contributed by atoms with Gasteiger partial charge in [-0.1, -0.05) is 13.3 Å². The van der Waals surface area contributed by atoms with E-state index in [1.165, 1.54) is 0 Å². The lowest BCUT2D eigenvalue weighted by Gasteiger charge is -2.03. The highest BCUT2D eigenvalue weighted by molar-refractivity contribution is 5.90. The van der Waals surface area contributed by atoms with Crippen molar-refractivity contribution in [3.8, 4) is 0 Å². The quantitative estimate of drug-likeness (QED) is 0.584. The SMILES string of the molecule is CCCCOC(=O)c1ccn2ccnc2c1. The summed E-state index contributed by atoms with van der Waals surface area (Å²) in [5.74, 6) is -0.279. The lowest BCUT2D eigenvalue weighted by molar-refractivity contribution is 0.0499. The molecule has 4 heteroatoms. The second kappa shape index (κ2) is 4.79. The standard InChI is InChI=1S/C12H14N2O2/c1-2-3-8-16-12(15)10-4-6-14-7-5-13-11(14)9-10/h4-7,9H,2-3,8H2,1H3. The summed E-state index contributed by atoms with van der Waals surface area (Å²) in [6, 6.07) is 3.47. The van der Waals surface area contributed by atoms with Gasteiger partial charge < -0.3 is 9.14 Å². The van der Waals surface area contributed by atoms with E-state index < -0.39 is 0 Å². The number of carbonyl (C=O) groups is 1. The van der Waals surface area contributed by atoms with Crippen LogP contribution in [-0.2, 0) is 4.74 Å². The Bertz CT molecular complexity index is 490. The minimum absolute atomic E-state index is 0.279. The monoisotopic (exact) mass is 218 g/mol. The van der Waals surface area contributed by atoms with E-state index in [9.17, 15) is 4.79 Å². The van der Waals surface area contributed by atoms with Crippen molar-refractivity contribution in [1.29, 1.82) is 0 Å². The van der Waals surface area contributed by atoms with Crippen LogP contribution in [0.15, 0.2) is 30.7 Å². The number of unbranched alkanes of at least 4 members (excludes halogenated alkanes) is 1. The average molecular weight is 218 g/mol. The fourth-order valence-electron chi connectivity index (χ4n) is 1.43. The van der Waals surface area contributed by atoms with Gasteiger partial charge in [0, 0.05) is 18.6 Å². The molecular weight excluding hydrogens is 204 g/mol. The van der Waals surface area contributed by atoms with E-state index >= 15 is 0 Å². The molecule has 0 fully saturated rings. The van der Waals surface area contributed by atoms with Crippen LogP contribution in [0.25, 0.3) is 5.65 Å². The summed E-state index contributed by atoms with van der Waals surface area (Å²) in [5.41, 5.74) is 1.31. The summed E-state index contributed by atoms with van der Waals surface area (Å²) in [5, 5.41) is 0. The molecule has 2 aromatic rings. The van der Waals surface area contributed by atoms with E-state index in [2.05, 4.69) is 11.9 Å². The molecule has 0 saturated heterocycles. The third-order valence-corrected chi connectivity index (χ3v) is 2.36. The number of aromatic nitrogens is 2. The normalized spacial score (nSPS) is 10.6. The Balaban J connectivity index is 2.10.